The van der Waals surface area contributed by atoms with Gasteiger partial charge >= 0.3 is 5.97 Å². The molecule has 8 heteroatoms. The smallest absolute Gasteiger partial charge is 0.326 e. The molecule has 0 aliphatic heterocycles. The van der Waals surface area contributed by atoms with E-state index in [1.54, 1.807) is 28.4 Å². The SMILES string of the molecule is CCOC(=O)Cn1c(=NC(=O)c2ccn(C(C)C)n2)sc2c(C)cc(C)cc21. The van der Waals surface area contributed by atoms with Gasteiger partial charge in [-0.2, -0.15) is 10.1 Å². The molecule has 0 N–H and O–H groups in total. The van der Waals surface area contributed by atoms with Crippen LogP contribution in [-0.4, -0.2) is 32.8 Å². The van der Waals surface area contributed by atoms with Gasteiger partial charge in [0.15, 0.2) is 10.5 Å². The van der Waals surface area contributed by atoms with Crippen LogP contribution in [0.5, 0.6) is 0 Å². The molecule has 1 aromatic carbocycles. The van der Waals surface area contributed by atoms with Crippen molar-refractivity contribution in [3.05, 3.63) is 46.0 Å². The highest BCUT2D eigenvalue weighted by molar-refractivity contribution is 7.16. The number of ether oxygens (including phenoxy) is 1. The van der Waals surface area contributed by atoms with Crippen LogP contribution in [0.15, 0.2) is 29.4 Å². The van der Waals surface area contributed by atoms with Crippen LogP contribution < -0.4 is 4.80 Å². The zero-order valence-corrected chi connectivity index (χ0v) is 17.5. The van der Waals surface area contributed by atoms with E-state index in [0.29, 0.717) is 11.4 Å². The second kappa shape index (κ2) is 8.10. The summed E-state index contributed by atoms with van der Waals surface area (Å²) in [4.78, 5) is 29.5. The zero-order valence-electron chi connectivity index (χ0n) is 16.7. The van der Waals surface area contributed by atoms with Gasteiger partial charge in [0.1, 0.15) is 6.54 Å². The molecule has 0 atom stereocenters. The average molecular weight is 401 g/mol. The molecule has 28 heavy (non-hydrogen) atoms. The van der Waals surface area contributed by atoms with Crippen molar-refractivity contribution in [2.45, 2.75) is 47.2 Å². The summed E-state index contributed by atoms with van der Waals surface area (Å²) >= 11 is 1.39. The quantitative estimate of drug-likeness (QED) is 0.615. The molecule has 148 valence electrons. The van der Waals surface area contributed by atoms with Crippen LogP contribution in [0, 0.1) is 13.8 Å². The van der Waals surface area contributed by atoms with Crippen molar-refractivity contribution in [2.75, 3.05) is 6.61 Å². The fourth-order valence-electron chi connectivity index (χ4n) is 2.97. The van der Waals surface area contributed by atoms with E-state index in [4.69, 9.17) is 4.74 Å². The lowest BCUT2D eigenvalue weighted by molar-refractivity contribution is -0.143. The number of thiazole rings is 1. The second-order valence-electron chi connectivity index (χ2n) is 6.90. The summed E-state index contributed by atoms with van der Waals surface area (Å²) in [5, 5.41) is 4.29. The van der Waals surface area contributed by atoms with E-state index < -0.39 is 5.91 Å². The van der Waals surface area contributed by atoms with Gasteiger partial charge in [0, 0.05) is 12.2 Å². The number of rotatable bonds is 5. The topological polar surface area (TPSA) is 78.5 Å². The van der Waals surface area contributed by atoms with Gasteiger partial charge in [0.2, 0.25) is 0 Å². The molecule has 0 aliphatic carbocycles. The lowest BCUT2D eigenvalue weighted by atomic mass is 10.1. The van der Waals surface area contributed by atoms with Crippen LogP contribution in [0.2, 0.25) is 0 Å². The number of hydrogen-bond donors (Lipinski definition) is 0. The average Bonchev–Trinajstić information content (AvgIpc) is 3.22. The van der Waals surface area contributed by atoms with Gasteiger partial charge in [-0.05, 0) is 57.9 Å². The lowest BCUT2D eigenvalue weighted by Gasteiger charge is -2.06. The van der Waals surface area contributed by atoms with Gasteiger partial charge in [-0.15, -0.1) is 0 Å². The van der Waals surface area contributed by atoms with Crippen LogP contribution in [0.25, 0.3) is 10.2 Å². The maximum atomic E-state index is 12.7. The van der Waals surface area contributed by atoms with E-state index in [9.17, 15) is 9.59 Å². The molecular weight excluding hydrogens is 376 g/mol. The molecule has 0 unspecified atom stereocenters. The first-order valence-corrected chi connectivity index (χ1v) is 10.0. The summed E-state index contributed by atoms with van der Waals surface area (Å²) in [6.45, 7) is 10.1. The van der Waals surface area contributed by atoms with E-state index in [2.05, 4.69) is 16.2 Å². The number of hydrogen-bond acceptors (Lipinski definition) is 5. The molecule has 0 saturated heterocycles. The Kier molecular flexibility index (Phi) is 5.79. The van der Waals surface area contributed by atoms with E-state index in [1.165, 1.54) is 11.3 Å². The molecule has 2 heterocycles. The highest BCUT2D eigenvalue weighted by Gasteiger charge is 2.16. The largest absolute Gasteiger partial charge is 0.465 e. The van der Waals surface area contributed by atoms with Gasteiger partial charge in [-0.25, -0.2) is 0 Å². The summed E-state index contributed by atoms with van der Waals surface area (Å²) in [6, 6.07) is 5.88. The summed E-state index contributed by atoms with van der Waals surface area (Å²) in [7, 11) is 0. The Labute approximate surface area is 167 Å². The molecule has 0 radical (unpaired) electrons. The van der Waals surface area contributed by atoms with Crippen molar-refractivity contribution in [1.29, 1.82) is 0 Å². The monoisotopic (exact) mass is 400 g/mol. The molecule has 3 rings (SSSR count). The molecule has 3 aromatic rings. The van der Waals surface area contributed by atoms with Crippen LogP contribution >= 0.6 is 11.3 Å². The first kappa shape index (κ1) is 20.0. The Balaban J connectivity index is 2.12. The lowest BCUT2D eigenvalue weighted by Crippen LogP contribution is -2.23. The Hall–Kier alpha value is -2.74. The van der Waals surface area contributed by atoms with Crippen molar-refractivity contribution in [1.82, 2.24) is 14.3 Å². The van der Waals surface area contributed by atoms with Gasteiger partial charge in [-0.1, -0.05) is 17.4 Å². The number of nitrogens with zero attached hydrogens (tertiary/aromatic N) is 4. The molecule has 1 amide bonds. The summed E-state index contributed by atoms with van der Waals surface area (Å²) in [5.74, 6) is -0.794. The number of aromatic nitrogens is 3. The molecular formula is C20H24N4O3S. The molecule has 0 bridgehead atoms. The third-order valence-electron chi connectivity index (χ3n) is 4.26. The summed E-state index contributed by atoms with van der Waals surface area (Å²) < 4.78 is 9.56. The van der Waals surface area contributed by atoms with Crippen molar-refractivity contribution < 1.29 is 14.3 Å². The first-order valence-electron chi connectivity index (χ1n) is 9.20. The van der Waals surface area contributed by atoms with Gasteiger partial charge < -0.3 is 9.30 Å². The summed E-state index contributed by atoms with van der Waals surface area (Å²) in [6.07, 6.45) is 1.76. The number of amides is 1. The summed E-state index contributed by atoms with van der Waals surface area (Å²) in [5.41, 5.74) is 3.31. The first-order chi connectivity index (χ1) is 13.3. The minimum atomic E-state index is -0.432. The van der Waals surface area contributed by atoms with E-state index in [1.807, 2.05) is 33.8 Å². The standard InChI is InChI=1S/C20H24N4O3S/c1-6-27-17(25)11-23-16-10-13(4)9-14(5)18(16)28-20(23)21-19(26)15-7-8-24(22-15)12(2)3/h7-10,12H,6,11H2,1-5H3. The number of aryl methyl sites for hydroxylation is 2. The maximum Gasteiger partial charge on any atom is 0.326 e. The number of carbonyl (C=O) groups is 2. The predicted molar refractivity (Wildman–Crippen MR) is 108 cm³/mol. The minimum Gasteiger partial charge on any atom is -0.465 e. The molecule has 0 saturated carbocycles. The second-order valence-corrected chi connectivity index (χ2v) is 7.88. The van der Waals surface area contributed by atoms with Crippen molar-refractivity contribution in [3.63, 3.8) is 0 Å². The van der Waals surface area contributed by atoms with Crippen molar-refractivity contribution in [3.8, 4) is 0 Å². The Morgan fingerprint density at radius 1 is 1.29 bits per heavy atom. The van der Waals surface area contributed by atoms with Crippen molar-refractivity contribution in [2.24, 2.45) is 4.99 Å². The molecule has 2 aromatic heterocycles. The van der Waals surface area contributed by atoms with E-state index in [0.717, 1.165) is 21.3 Å². The number of benzene rings is 1. The van der Waals surface area contributed by atoms with Crippen molar-refractivity contribution >= 4 is 33.4 Å². The molecule has 0 spiro atoms. The molecule has 0 fully saturated rings. The highest BCUT2D eigenvalue weighted by Crippen LogP contribution is 2.23. The minimum absolute atomic E-state index is 0.00326. The number of esters is 1. The number of fused-ring (bicyclic) bond motifs is 1. The normalized spacial score (nSPS) is 12.1. The Morgan fingerprint density at radius 3 is 2.68 bits per heavy atom. The van der Waals surface area contributed by atoms with Gasteiger partial charge in [-0.3, -0.25) is 14.3 Å². The highest BCUT2D eigenvalue weighted by atomic mass is 32.1. The predicted octanol–water partition coefficient (Wildman–Crippen LogP) is 3.40. The molecule has 7 nitrogen and oxygen atoms in total. The fourth-order valence-corrected chi connectivity index (χ4v) is 4.05. The third kappa shape index (κ3) is 4.06. The fraction of sp³-hybridized carbons (Fsp3) is 0.400. The van der Waals surface area contributed by atoms with Crippen LogP contribution in [0.3, 0.4) is 0 Å². The Bertz CT molecular complexity index is 1100. The van der Waals surface area contributed by atoms with Gasteiger partial charge in [0.25, 0.3) is 5.91 Å². The third-order valence-corrected chi connectivity index (χ3v) is 5.49. The van der Waals surface area contributed by atoms with E-state index >= 15 is 0 Å². The van der Waals surface area contributed by atoms with E-state index in [-0.39, 0.29) is 24.2 Å². The van der Waals surface area contributed by atoms with Gasteiger partial charge in [0.05, 0.1) is 16.8 Å². The van der Waals surface area contributed by atoms with Crippen LogP contribution in [-0.2, 0) is 16.1 Å². The maximum absolute atomic E-state index is 12.7. The van der Waals surface area contributed by atoms with Crippen LogP contribution in [0.1, 0.15) is 48.4 Å². The Morgan fingerprint density at radius 2 is 2.04 bits per heavy atom. The number of carbonyl (C=O) groups excluding carboxylic acids is 2. The van der Waals surface area contributed by atoms with Crippen LogP contribution in [0.4, 0.5) is 0 Å². The molecule has 0 aliphatic rings. The zero-order chi connectivity index (χ0) is 20.4.